The monoisotopic (exact) mass is 276 g/mol. The first-order valence-electron chi connectivity index (χ1n) is 6.56. The molecule has 1 atom stereocenters. The van der Waals surface area contributed by atoms with Crippen LogP contribution in [-0.2, 0) is 19.4 Å². The zero-order valence-electron chi connectivity index (χ0n) is 11.2. The van der Waals surface area contributed by atoms with Crippen LogP contribution >= 0.6 is 11.6 Å². The van der Waals surface area contributed by atoms with E-state index in [1.807, 2.05) is 19.9 Å². The predicted octanol–water partition coefficient (Wildman–Crippen LogP) is 3.20. The second-order valence-electron chi connectivity index (χ2n) is 5.20. The van der Waals surface area contributed by atoms with E-state index >= 15 is 0 Å². The zero-order chi connectivity index (χ0) is 13.4. The van der Waals surface area contributed by atoms with E-state index in [9.17, 15) is 0 Å². The number of nitrogens with zero attached hydrogens (tertiary/aromatic N) is 1. The number of hydrogen-bond acceptors (Lipinski definition) is 3. The third kappa shape index (κ3) is 2.53. The first-order valence-corrected chi connectivity index (χ1v) is 6.93. The van der Waals surface area contributed by atoms with Gasteiger partial charge in [-0.1, -0.05) is 22.8 Å². The first-order chi connectivity index (χ1) is 9.13. The molecule has 1 aliphatic rings. The minimum atomic E-state index is 0.474. The number of nitrogens with one attached hydrogen (secondary N) is 1. The number of fused-ring (bicyclic) bond motifs is 1. The first kappa shape index (κ1) is 12.7. The van der Waals surface area contributed by atoms with Crippen LogP contribution in [0.1, 0.15) is 28.1 Å². The smallest absolute Gasteiger partial charge is 0.138 e. The van der Waals surface area contributed by atoms with Gasteiger partial charge in [0.1, 0.15) is 5.76 Å². The lowest BCUT2D eigenvalue weighted by molar-refractivity contribution is 0.391. The molecule has 2 aromatic rings. The van der Waals surface area contributed by atoms with Crippen LogP contribution in [0.4, 0.5) is 0 Å². The van der Waals surface area contributed by atoms with Gasteiger partial charge in [-0.3, -0.25) is 0 Å². The van der Waals surface area contributed by atoms with Gasteiger partial charge in [0, 0.05) is 23.2 Å². The Kier molecular flexibility index (Phi) is 3.33. The molecule has 0 aliphatic heterocycles. The lowest BCUT2D eigenvalue weighted by Gasteiger charge is -2.11. The van der Waals surface area contributed by atoms with Crippen LogP contribution in [0.15, 0.2) is 22.7 Å². The molecule has 19 heavy (non-hydrogen) atoms. The molecule has 4 heteroatoms. The van der Waals surface area contributed by atoms with Gasteiger partial charge in [0.2, 0.25) is 0 Å². The van der Waals surface area contributed by atoms with E-state index in [2.05, 4.69) is 22.6 Å². The van der Waals surface area contributed by atoms with Gasteiger partial charge in [-0.2, -0.15) is 0 Å². The average molecular weight is 277 g/mol. The molecule has 0 bridgehead atoms. The summed E-state index contributed by atoms with van der Waals surface area (Å²) in [5, 5.41) is 8.39. The number of hydrogen-bond donors (Lipinski definition) is 1. The summed E-state index contributed by atoms with van der Waals surface area (Å²) in [5.74, 6) is 0.906. The van der Waals surface area contributed by atoms with Gasteiger partial charge in [-0.25, -0.2) is 0 Å². The Morgan fingerprint density at radius 2 is 2.11 bits per heavy atom. The third-order valence-electron chi connectivity index (χ3n) is 3.85. The molecule has 100 valence electrons. The fourth-order valence-corrected chi connectivity index (χ4v) is 2.93. The Bertz CT molecular complexity index is 587. The van der Waals surface area contributed by atoms with Gasteiger partial charge >= 0.3 is 0 Å². The van der Waals surface area contributed by atoms with Crippen LogP contribution in [0.5, 0.6) is 0 Å². The van der Waals surface area contributed by atoms with E-state index in [-0.39, 0.29) is 0 Å². The van der Waals surface area contributed by atoms with Gasteiger partial charge in [-0.05, 0) is 49.9 Å². The standard InChI is InChI=1S/C15H17ClN2O/c1-9-15(10(2)19-18-9)8-17-14-6-11-3-4-13(16)5-12(11)7-14/h3-5,14,17H,6-8H2,1-2H3. The molecule has 0 saturated heterocycles. The fourth-order valence-electron chi connectivity index (χ4n) is 2.73. The van der Waals surface area contributed by atoms with E-state index < -0.39 is 0 Å². The Labute approximate surface area is 117 Å². The minimum Gasteiger partial charge on any atom is -0.361 e. The molecule has 1 N–H and O–H groups in total. The maximum absolute atomic E-state index is 6.03. The van der Waals surface area contributed by atoms with Gasteiger partial charge in [0.25, 0.3) is 0 Å². The van der Waals surface area contributed by atoms with Crippen molar-refractivity contribution in [3.8, 4) is 0 Å². The second kappa shape index (κ2) is 4.99. The van der Waals surface area contributed by atoms with Crippen LogP contribution < -0.4 is 5.32 Å². The quantitative estimate of drug-likeness (QED) is 0.935. The lowest BCUT2D eigenvalue weighted by Crippen LogP contribution is -2.29. The Hall–Kier alpha value is -1.32. The van der Waals surface area contributed by atoms with Gasteiger partial charge in [-0.15, -0.1) is 0 Å². The fraction of sp³-hybridized carbons (Fsp3) is 0.400. The van der Waals surface area contributed by atoms with Crippen molar-refractivity contribution in [3.05, 3.63) is 51.4 Å². The molecule has 1 aromatic heterocycles. The molecule has 1 heterocycles. The summed E-state index contributed by atoms with van der Waals surface area (Å²) < 4.78 is 5.18. The maximum atomic E-state index is 6.03. The van der Waals surface area contributed by atoms with E-state index in [1.54, 1.807) is 0 Å². The summed E-state index contributed by atoms with van der Waals surface area (Å²) in [6.45, 7) is 4.75. The van der Waals surface area contributed by atoms with Gasteiger partial charge in [0.05, 0.1) is 5.69 Å². The molecule has 0 fully saturated rings. The zero-order valence-corrected chi connectivity index (χ0v) is 11.9. The van der Waals surface area contributed by atoms with Crippen molar-refractivity contribution < 1.29 is 4.52 Å². The van der Waals surface area contributed by atoms with E-state index in [0.29, 0.717) is 6.04 Å². The molecule has 0 amide bonds. The van der Waals surface area contributed by atoms with Gasteiger partial charge in [0.15, 0.2) is 0 Å². The largest absolute Gasteiger partial charge is 0.361 e. The van der Waals surface area contributed by atoms with Crippen LogP contribution in [0, 0.1) is 13.8 Å². The van der Waals surface area contributed by atoms with Crippen LogP contribution in [-0.4, -0.2) is 11.2 Å². The summed E-state index contributed by atoms with van der Waals surface area (Å²) in [6.07, 6.45) is 2.11. The molecule has 0 spiro atoms. The number of rotatable bonds is 3. The molecule has 3 nitrogen and oxygen atoms in total. The Morgan fingerprint density at radius 1 is 1.32 bits per heavy atom. The van der Waals surface area contributed by atoms with Crippen LogP contribution in [0.25, 0.3) is 0 Å². The summed E-state index contributed by atoms with van der Waals surface area (Å²) in [4.78, 5) is 0. The molecular formula is C15H17ClN2O. The van der Waals surface area contributed by atoms with Crippen molar-refractivity contribution in [1.82, 2.24) is 10.5 Å². The van der Waals surface area contributed by atoms with Crippen LogP contribution in [0.2, 0.25) is 5.02 Å². The Morgan fingerprint density at radius 3 is 2.84 bits per heavy atom. The van der Waals surface area contributed by atoms with Crippen molar-refractivity contribution >= 4 is 11.6 Å². The normalized spacial score (nSPS) is 17.7. The van der Waals surface area contributed by atoms with Crippen molar-refractivity contribution in [2.75, 3.05) is 0 Å². The molecular weight excluding hydrogens is 260 g/mol. The highest BCUT2D eigenvalue weighted by Gasteiger charge is 2.21. The maximum Gasteiger partial charge on any atom is 0.138 e. The van der Waals surface area contributed by atoms with Crippen molar-refractivity contribution in [3.63, 3.8) is 0 Å². The molecule has 0 radical (unpaired) electrons. The number of benzene rings is 1. The number of aromatic nitrogens is 1. The van der Waals surface area contributed by atoms with Gasteiger partial charge < -0.3 is 9.84 Å². The highest BCUT2D eigenvalue weighted by atomic mass is 35.5. The summed E-state index contributed by atoms with van der Waals surface area (Å²) >= 11 is 6.03. The minimum absolute atomic E-state index is 0.474. The summed E-state index contributed by atoms with van der Waals surface area (Å²) in [7, 11) is 0. The highest BCUT2D eigenvalue weighted by molar-refractivity contribution is 6.30. The average Bonchev–Trinajstić information content (AvgIpc) is 2.91. The van der Waals surface area contributed by atoms with E-state index in [0.717, 1.165) is 35.9 Å². The number of halogens is 1. The van der Waals surface area contributed by atoms with Crippen molar-refractivity contribution in [2.24, 2.45) is 0 Å². The predicted molar refractivity (Wildman–Crippen MR) is 75.5 cm³/mol. The highest BCUT2D eigenvalue weighted by Crippen LogP contribution is 2.25. The summed E-state index contributed by atoms with van der Waals surface area (Å²) in [6, 6.07) is 6.66. The molecule has 1 aliphatic carbocycles. The SMILES string of the molecule is Cc1noc(C)c1CNC1Cc2ccc(Cl)cc2C1. The lowest BCUT2D eigenvalue weighted by atomic mass is 10.1. The molecule has 1 unspecified atom stereocenters. The second-order valence-corrected chi connectivity index (χ2v) is 5.64. The van der Waals surface area contributed by atoms with Crippen LogP contribution in [0.3, 0.4) is 0 Å². The third-order valence-corrected chi connectivity index (χ3v) is 4.08. The molecule has 1 aromatic carbocycles. The number of aryl methyl sites for hydroxylation is 2. The Balaban J connectivity index is 1.65. The van der Waals surface area contributed by atoms with E-state index in [1.165, 1.54) is 16.7 Å². The summed E-state index contributed by atoms with van der Waals surface area (Å²) in [5.41, 5.74) is 4.92. The van der Waals surface area contributed by atoms with E-state index in [4.69, 9.17) is 16.1 Å². The molecule has 0 saturated carbocycles. The molecule has 3 rings (SSSR count). The van der Waals surface area contributed by atoms with Crippen molar-refractivity contribution in [1.29, 1.82) is 0 Å². The topological polar surface area (TPSA) is 38.1 Å². The van der Waals surface area contributed by atoms with Crippen molar-refractivity contribution in [2.45, 2.75) is 39.3 Å².